The highest BCUT2D eigenvalue weighted by atomic mass is 35.5. The van der Waals surface area contributed by atoms with Crippen LogP contribution in [0.3, 0.4) is 0 Å². The van der Waals surface area contributed by atoms with E-state index in [-0.39, 0.29) is 16.0 Å². The Hall–Kier alpha value is -0.850. The first-order valence-electron chi connectivity index (χ1n) is 5.87. The highest BCUT2D eigenvalue weighted by Gasteiger charge is 2.37. The van der Waals surface area contributed by atoms with E-state index in [2.05, 4.69) is 4.98 Å². The predicted octanol–water partition coefficient (Wildman–Crippen LogP) is 1.59. The number of aromatic nitrogens is 1. The quantitative estimate of drug-likeness (QED) is 0.895. The van der Waals surface area contributed by atoms with Crippen molar-refractivity contribution < 1.29 is 8.42 Å². The van der Waals surface area contributed by atoms with E-state index in [1.807, 2.05) is 6.92 Å². The second-order valence-electron chi connectivity index (χ2n) is 4.36. The summed E-state index contributed by atoms with van der Waals surface area (Å²) >= 11 is 5.67. The summed E-state index contributed by atoms with van der Waals surface area (Å²) in [6, 6.07) is 1.31. The number of nitrogens with zero attached hydrogens (tertiary/aromatic N) is 1. The van der Waals surface area contributed by atoms with E-state index >= 15 is 0 Å². The topological polar surface area (TPSA) is 70.2 Å². The summed E-state index contributed by atoms with van der Waals surface area (Å²) in [5, 5.41) is -0.108. The molecule has 2 rings (SSSR count). The standard InChI is InChI=1S/C11H15ClN2O3S/c1-2-5-14(8-3-4-8)18(16,17)9-6-10(12)11(15)13-7-9/h6-8H,2-5H2,1H3,(H,13,15). The van der Waals surface area contributed by atoms with E-state index in [0.29, 0.717) is 6.54 Å². The molecule has 1 aromatic heterocycles. The van der Waals surface area contributed by atoms with Gasteiger partial charge in [-0.15, -0.1) is 0 Å². The zero-order valence-electron chi connectivity index (χ0n) is 10.0. The Labute approximate surface area is 111 Å². The maximum atomic E-state index is 12.4. The van der Waals surface area contributed by atoms with Crippen LogP contribution >= 0.6 is 11.6 Å². The maximum Gasteiger partial charge on any atom is 0.266 e. The number of pyridine rings is 1. The highest BCUT2D eigenvalue weighted by molar-refractivity contribution is 7.89. The summed E-state index contributed by atoms with van der Waals surface area (Å²) in [6.45, 7) is 2.43. The van der Waals surface area contributed by atoms with Gasteiger partial charge >= 0.3 is 0 Å². The average molecular weight is 291 g/mol. The highest BCUT2D eigenvalue weighted by Crippen LogP contribution is 2.32. The normalized spacial score (nSPS) is 16.2. The van der Waals surface area contributed by atoms with Crippen molar-refractivity contribution in [3.05, 3.63) is 27.6 Å². The predicted molar refractivity (Wildman–Crippen MR) is 69.3 cm³/mol. The van der Waals surface area contributed by atoms with Gasteiger partial charge in [-0.2, -0.15) is 4.31 Å². The van der Waals surface area contributed by atoms with Gasteiger partial charge in [-0.25, -0.2) is 8.42 Å². The molecule has 0 aliphatic heterocycles. The first kappa shape index (κ1) is 13.6. The van der Waals surface area contributed by atoms with Gasteiger partial charge < -0.3 is 4.98 Å². The van der Waals surface area contributed by atoms with Crippen LogP contribution in [0.15, 0.2) is 22.0 Å². The van der Waals surface area contributed by atoms with E-state index < -0.39 is 15.6 Å². The zero-order valence-corrected chi connectivity index (χ0v) is 11.6. The van der Waals surface area contributed by atoms with Crippen LogP contribution in [0.1, 0.15) is 26.2 Å². The van der Waals surface area contributed by atoms with Gasteiger partial charge in [0.2, 0.25) is 10.0 Å². The van der Waals surface area contributed by atoms with Crippen molar-refractivity contribution in [2.45, 2.75) is 37.1 Å². The fourth-order valence-corrected chi connectivity index (χ4v) is 3.81. The molecule has 1 saturated carbocycles. The van der Waals surface area contributed by atoms with Gasteiger partial charge in [0.15, 0.2) is 0 Å². The summed E-state index contributed by atoms with van der Waals surface area (Å²) in [5.41, 5.74) is -0.482. The Balaban J connectivity index is 2.39. The molecular weight excluding hydrogens is 276 g/mol. The zero-order chi connectivity index (χ0) is 13.3. The molecule has 1 aliphatic carbocycles. The average Bonchev–Trinajstić information content (AvgIpc) is 3.13. The fourth-order valence-electron chi connectivity index (χ4n) is 1.80. The molecule has 0 spiro atoms. The molecule has 0 atom stereocenters. The lowest BCUT2D eigenvalue weighted by Gasteiger charge is -2.21. The molecular formula is C11H15ClN2O3S. The molecule has 5 nitrogen and oxygen atoms in total. The number of nitrogens with one attached hydrogen (secondary N) is 1. The van der Waals surface area contributed by atoms with Gasteiger partial charge in [-0.05, 0) is 25.3 Å². The second-order valence-corrected chi connectivity index (χ2v) is 6.66. The molecule has 100 valence electrons. The molecule has 18 heavy (non-hydrogen) atoms. The van der Waals surface area contributed by atoms with E-state index in [1.165, 1.54) is 16.6 Å². The van der Waals surface area contributed by atoms with Crippen molar-refractivity contribution >= 4 is 21.6 Å². The first-order valence-corrected chi connectivity index (χ1v) is 7.68. The molecule has 0 amide bonds. The Morgan fingerprint density at radius 1 is 1.50 bits per heavy atom. The third-order valence-electron chi connectivity index (χ3n) is 2.84. The number of H-pyrrole nitrogens is 1. The van der Waals surface area contributed by atoms with Crippen LogP contribution in [0, 0.1) is 0 Å². The molecule has 7 heteroatoms. The monoisotopic (exact) mass is 290 g/mol. The van der Waals surface area contributed by atoms with E-state index in [1.54, 1.807) is 0 Å². The number of aromatic amines is 1. The summed E-state index contributed by atoms with van der Waals surface area (Å²) in [6.07, 6.45) is 3.76. The van der Waals surface area contributed by atoms with E-state index in [4.69, 9.17) is 11.6 Å². The van der Waals surface area contributed by atoms with Crippen molar-refractivity contribution in [2.75, 3.05) is 6.54 Å². The van der Waals surface area contributed by atoms with Gasteiger partial charge in [0.1, 0.15) is 5.02 Å². The molecule has 0 bridgehead atoms. The van der Waals surface area contributed by atoms with Crippen molar-refractivity contribution in [1.82, 2.24) is 9.29 Å². The van der Waals surface area contributed by atoms with Crippen molar-refractivity contribution in [3.63, 3.8) is 0 Å². The number of hydrogen-bond donors (Lipinski definition) is 1. The second kappa shape index (κ2) is 5.03. The lowest BCUT2D eigenvalue weighted by Crippen LogP contribution is -2.34. The van der Waals surface area contributed by atoms with Crippen LogP contribution < -0.4 is 5.56 Å². The number of halogens is 1. The van der Waals surface area contributed by atoms with Crippen molar-refractivity contribution in [3.8, 4) is 0 Å². The largest absolute Gasteiger partial charge is 0.326 e. The Bertz CT molecular complexity index is 593. The summed E-state index contributed by atoms with van der Waals surface area (Å²) in [4.78, 5) is 13.5. The smallest absolute Gasteiger partial charge is 0.266 e. The molecule has 1 aromatic rings. The Kier molecular flexibility index (Phi) is 3.79. The van der Waals surface area contributed by atoms with Crippen LogP contribution in [0.5, 0.6) is 0 Å². The Morgan fingerprint density at radius 3 is 2.67 bits per heavy atom. The fraction of sp³-hybridized carbons (Fsp3) is 0.545. The van der Waals surface area contributed by atoms with Crippen LogP contribution in [-0.2, 0) is 10.0 Å². The number of sulfonamides is 1. The van der Waals surface area contributed by atoms with Gasteiger partial charge in [0.05, 0.1) is 4.90 Å². The Morgan fingerprint density at radius 2 is 2.17 bits per heavy atom. The molecule has 0 aromatic carbocycles. The van der Waals surface area contributed by atoms with Crippen LogP contribution in [0.25, 0.3) is 0 Å². The minimum Gasteiger partial charge on any atom is -0.326 e. The molecule has 1 N–H and O–H groups in total. The first-order chi connectivity index (χ1) is 8.46. The van der Waals surface area contributed by atoms with Crippen LogP contribution in [-0.4, -0.2) is 30.3 Å². The summed E-state index contributed by atoms with van der Waals surface area (Å²) < 4.78 is 26.3. The van der Waals surface area contributed by atoms with Crippen molar-refractivity contribution in [2.24, 2.45) is 0 Å². The third kappa shape index (κ3) is 2.60. The molecule has 0 radical (unpaired) electrons. The minimum absolute atomic E-state index is 0.0486. The van der Waals surface area contributed by atoms with Gasteiger partial charge in [0, 0.05) is 18.8 Å². The molecule has 0 unspecified atom stereocenters. The van der Waals surface area contributed by atoms with Gasteiger partial charge in [-0.1, -0.05) is 18.5 Å². The minimum atomic E-state index is -3.56. The number of hydrogen-bond acceptors (Lipinski definition) is 3. The van der Waals surface area contributed by atoms with E-state index in [0.717, 1.165) is 19.3 Å². The SMILES string of the molecule is CCCN(C1CC1)S(=O)(=O)c1c[nH]c(=O)c(Cl)c1. The van der Waals surface area contributed by atoms with Crippen molar-refractivity contribution in [1.29, 1.82) is 0 Å². The summed E-state index contributed by atoms with van der Waals surface area (Å²) in [5.74, 6) is 0. The lowest BCUT2D eigenvalue weighted by atomic mass is 10.5. The molecule has 0 saturated heterocycles. The summed E-state index contributed by atoms with van der Waals surface area (Å²) in [7, 11) is -3.56. The van der Waals surface area contributed by atoms with Crippen LogP contribution in [0.4, 0.5) is 0 Å². The number of rotatable bonds is 5. The maximum absolute atomic E-state index is 12.4. The van der Waals surface area contributed by atoms with Crippen LogP contribution in [0.2, 0.25) is 5.02 Å². The van der Waals surface area contributed by atoms with Gasteiger partial charge in [0.25, 0.3) is 5.56 Å². The molecule has 1 fully saturated rings. The lowest BCUT2D eigenvalue weighted by molar-refractivity contribution is 0.403. The van der Waals surface area contributed by atoms with Gasteiger partial charge in [-0.3, -0.25) is 4.79 Å². The van der Waals surface area contributed by atoms with E-state index in [9.17, 15) is 13.2 Å². The molecule has 1 heterocycles. The third-order valence-corrected chi connectivity index (χ3v) is 5.05. The molecule has 1 aliphatic rings.